The number of amides is 1. The number of anilines is 1. The van der Waals surface area contributed by atoms with Crippen LogP contribution in [0.2, 0.25) is 0 Å². The number of H-pyrrole nitrogens is 2. The third kappa shape index (κ3) is 3.78. The molecule has 4 heterocycles. The largest absolute Gasteiger partial charge is 0.337 e. The lowest BCUT2D eigenvalue weighted by Gasteiger charge is -2.07. The van der Waals surface area contributed by atoms with E-state index in [1.165, 1.54) is 30.7 Å². The van der Waals surface area contributed by atoms with Gasteiger partial charge in [0.1, 0.15) is 17.2 Å². The van der Waals surface area contributed by atoms with Crippen molar-refractivity contribution in [1.82, 2.24) is 30.1 Å². The maximum absolute atomic E-state index is 16.0. The maximum Gasteiger partial charge on any atom is 0.227 e. The van der Waals surface area contributed by atoms with Gasteiger partial charge in [-0.25, -0.2) is 13.8 Å². The molecule has 3 N–H and O–H groups in total. The zero-order valence-electron chi connectivity index (χ0n) is 19.8. The number of carbonyl (C=O) groups is 1. The first kappa shape index (κ1) is 22.2. The molecule has 1 fully saturated rings. The summed E-state index contributed by atoms with van der Waals surface area (Å²) in [5, 5.41) is 10.2. The van der Waals surface area contributed by atoms with E-state index in [0.29, 0.717) is 39.2 Å². The van der Waals surface area contributed by atoms with Gasteiger partial charge in [-0.05, 0) is 42.7 Å². The van der Waals surface area contributed by atoms with Crippen molar-refractivity contribution < 1.29 is 13.6 Å². The molecule has 2 aromatic carbocycles. The van der Waals surface area contributed by atoms with Crippen LogP contribution in [0.1, 0.15) is 12.8 Å². The first-order valence-electron chi connectivity index (χ1n) is 12.1. The first-order valence-corrected chi connectivity index (χ1v) is 12.1. The van der Waals surface area contributed by atoms with Crippen molar-refractivity contribution in [2.24, 2.45) is 5.92 Å². The number of benzene rings is 2. The molecule has 0 spiro atoms. The number of hydrogen-bond donors (Lipinski definition) is 3. The van der Waals surface area contributed by atoms with Crippen LogP contribution in [0, 0.1) is 17.6 Å². The second-order valence-corrected chi connectivity index (χ2v) is 9.30. The Morgan fingerprint density at radius 3 is 2.66 bits per heavy atom. The molecule has 0 aliphatic heterocycles. The number of hydrogen-bond acceptors (Lipinski definition) is 5. The minimum atomic E-state index is -0.593. The van der Waals surface area contributed by atoms with Gasteiger partial charge in [-0.15, -0.1) is 0 Å². The Bertz CT molecular complexity index is 1870. The fourth-order valence-corrected chi connectivity index (χ4v) is 4.61. The lowest BCUT2D eigenvalue weighted by molar-refractivity contribution is -0.117. The van der Waals surface area contributed by atoms with E-state index in [4.69, 9.17) is 4.98 Å². The van der Waals surface area contributed by atoms with Crippen LogP contribution in [0.15, 0.2) is 67.1 Å². The number of imidazole rings is 1. The minimum absolute atomic E-state index is 0.0311. The molecule has 6 aromatic rings. The smallest absolute Gasteiger partial charge is 0.227 e. The number of fused-ring (bicyclic) bond motifs is 2. The van der Waals surface area contributed by atoms with Crippen molar-refractivity contribution in [3.8, 4) is 33.9 Å². The molecule has 1 aliphatic carbocycles. The van der Waals surface area contributed by atoms with Gasteiger partial charge in [0.05, 0.1) is 40.0 Å². The molecule has 0 radical (unpaired) electrons. The van der Waals surface area contributed by atoms with Crippen LogP contribution in [-0.4, -0.2) is 36.0 Å². The summed E-state index contributed by atoms with van der Waals surface area (Å²) in [6, 6.07) is 13.5. The quantitative estimate of drug-likeness (QED) is 0.271. The maximum atomic E-state index is 16.0. The van der Waals surface area contributed by atoms with Crippen LogP contribution in [0.3, 0.4) is 0 Å². The van der Waals surface area contributed by atoms with Crippen LogP contribution in [-0.2, 0) is 4.79 Å². The third-order valence-corrected chi connectivity index (χ3v) is 6.64. The topological polar surface area (TPSA) is 112 Å². The Hall–Kier alpha value is -4.99. The highest BCUT2D eigenvalue weighted by Crippen LogP contribution is 2.35. The summed E-state index contributed by atoms with van der Waals surface area (Å²) in [7, 11) is 0. The molecule has 0 bridgehead atoms. The molecule has 10 heteroatoms. The monoisotopic (exact) mass is 507 g/mol. The van der Waals surface area contributed by atoms with Crippen LogP contribution < -0.4 is 5.32 Å². The Balaban J connectivity index is 1.32. The highest BCUT2D eigenvalue weighted by molar-refractivity contribution is 5.98. The van der Waals surface area contributed by atoms with E-state index in [-0.39, 0.29) is 34.4 Å². The highest BCUT2D eigenvalue weighted by atomic mass is 19.1. The third-order valence-electron chi connectivity index (χ3n) is 6.64. The van der Waals surface area contributed by atoms with Crippen molar-refractivity contribution in [2.75, 3.05) is 5.32 Å². The summed E-state index contributed by atoms with van der Waals surface area (Å²) in [5.41, 5.74) is 4.40. The van der Waals surface area contributed by atoms with Crippen molar-refractivity contribution in [1.29, 1.82) is 0 Å². The number of nitrogens with zero attached hydrogens (tertiary/aromatic N) is 4. The standard InChI is InChI=1S/C28H19F2N7O/c29-17-4-1-3-15(9-17)19-5-2-6-20-25(19)35-27(34-20)26-22-21(36-37-26)13-32-24(23(22)30)16-10-18(12-31-11-16)33-28(38)14-7-8-14/h1-6,9-14H,7-8H2,(H,33,38)(H,34,35)(H,36,37). The van der Waals surface area contributed by atoms with Gasteiger partial charge < -0.3 is 10.3 Å². The van der Waals surface area contributed by atoms with E-state index in [0.717, 1.165) is 18.4 Å². The fourth-order valence-electron chi connectivity index (χ4n) is 4.61. The molecule has 1 aliphatic rings. The number of nitrogens with one attached hydrogen (secondary N) is 3. The van der Waals surface area contributed by atoms with Gasteiger partial charge in [-0.2, -0.15) is 5.10 Å². The van der Waals surface area contributed by atoms with E-state index >= 15 is 4.39 Å². The summed E-state index contributed by atoms with van der Waals surface area (Å²) >= 11 is 0. The lowest BCUT2D eigenvalue weighted by Crippen LogP contribution is -2.13. The average molecular weight is 508 g/mol. The second kappa shape index (κ2) is 8.55. The number of pyridine rings is 2. The molecule has 7 rings (SSSR count). The molecule has 0 saturated heterocycles. The highest BCUT2D eigenvalue weighted by Gasteiger charge is 2.29. The van der Waals surface area contributed by atoms with Crippen LogP contribution >= 0.6 is 0 Å². The van der Waals surface area contributed by atoms with Gasteiger partial charge in [0.15, 0.2) is 11.6 Å². The Morgan fingerprint density at radius 1 is 0.947 bits per heavy atom. The molecule has 1 amide bonds. The molecule has 0 unspecified atom stereocenters. The SMILES string of the molecule is O=C(Nc1cncc(-c2ncc3[nH]nc(-c4nc5c(-c6cccc(F)c6)cccc5[nH]4)c3c2F)c1)C1CC1. The van der Waals surface area contributed by atoms with Crippen LogP contribution in [0.25, 0.3) is 55.8 Å². The number of aromatic amines is 2. The zero-order valence-corrected chi connectivity index (χ0v) is 19.8. The predicted octanol–water partition coefficient (Wildman–Crippen LogP) is 5.86. The number of aromatic nitrogens is 6. The number of rotatable bonds is 5. The molecule has 0 atom stereocenters. The fraction of sp³-hybridized carbons (Fsp3) is 0.107. The molecule has 186 valence electrons. The summed E-state index contributed by atoms with van der Waals surface area (Å²) in [6.07, 6.45) is 6.27. The Kier molecular flexibility index (Phi) is 5.00. The predicted molar refractivity (Wildman–Crippen MR) is 139 cm³/mol. The van der Waals surface area contributed by atoms with E-state index in [1.807, 2.05) is 24.3 Å². The summed E-state index contributed by atoms with van der Waals surface area (Å²) in [6.45, 7) is 0. The lowest BCUT2D eigenvalue weighted by atomic mass is 10.0. The number of carbonyl (C=O) groups excluding carboxylic acids is 1. The van der Waals surface area contributed by atoms with E-state index in [1.54, 1.807) is 12.1 Å². The normalized spacial score (nSPS) is 13.3. The first-order chi connectivity index (χ1) is 18.5. The summed E-state index contributed by atoms with van der Waals surface area (Å²) < 4.78 is 29.9. The molecular formula is C28H19F2N7O. The molecule has 1 saturated carbocycles. The number of para-hydroxylation sites is 1. The van der Waals surface area contributed by atoms with Gasteiger partial charge in [0, 0.05) is 23.2 Å². The van der Waals surface area contributed by atoms with E-state index < -0.39 is 5.82 Å². The van der Waals surface area contributed by atoms with Crippen molar-refractivity contribution >= 4 is 33.5 Å². The van der Waals surface area contributed by atoms with Gasteiger partial charge in [-0.3, -0.25) is 19.9 Å². The second-order valence-electron chi connectivity index (χ2n) is 9.30. The summed E-state index contributed by atoms with van der Waals surface area (Å²) in [5.74, 6) is -0.614. The average Bonchev–Trinajstić information content (AvgIpc) is 3.54. The van der Waals surface area contributed by atoms with E-state index in [2.05, 4.69) is 30.5 Å². The van der Waals surface area contributed by atoms with Crippen molar-refractivity contribution in [2.45, 2.75) is 12.8 Å². The van der Waals surface area contributed by atoms with Crippen LogP contribution in [0.5, 0.6) is 0 Å². The van der Waals surface area contributed by atoms with Gasteiger partial charge >= 0.3 is 0 Å². The van der Waals surface area contributed by atoms with Gasteiger partial charge in [0.2, 0.25) is 5.91 Å². The van der Waals surface area contributed by atoms with E-state index in [9.17, 15) is 9.18 Å². The molecule has 8 nitrogen and oxygen atoms in total. The molecular weight excluding hydrogens is 488 g/mol. The minimum Gasteiger partial charge on any atom is -0.337 e. The van der Waals surface area contributed by atoms with Crippen LogP contribution in [0.4, 0.5) is 14.5 Å². The van der Waals surface area contributed by atoms with Crippen molar-refractivity contribution in [3.63, 3.8) is 0 Å². The van der Waals surface area contributed by atoms with Gasteiger partial charge in [0.25, 0.3) is 0 Å². The Morgan fingerprint density at radius 2 is 1.82 bits per heavy atom. The Labute approximate surface area is 214 Å². The molecule has 38 heavy (non-hydrogen) atoms. The van der Waals surface area contributed by atoms with Gasteiger partial charge in [-0.1, -0.05) is 24.3 Å². The zero-order chi connectivity index (χ0) is 25.8. The summed E-state index contributed by atoms with van der Waals surface area (Å²) in [4.78, 5) is 28.6. The number of halogens is 2. The van der Waals surface area contributed by atoms with Crippen molar-refractivity contribution in [3.05, 3.63) is 78.8 Å². The molecule has 4 aromatic heterocycles.